The summed E-state index contributed by atoms with van der Waals surface area (Å²) in [5.74, 6) is 0. The van der Waals surface area contributed by atoms with Gasteiger partial charge in [-0.2, -0.15) is 13.2 Å². The molecular weight excluding hydrogens is 167 g/mol. The third kappa shape index (κ3) is 6.46. The highest BCUT2D eigenvalue weighted by Crippen LogP contribution is 2.23. The molecule has 0 aromatic carbocycles. The summed E-state index contributed by atoms with van der Waals surface area (Å²) in [6.45, 7) is 1.97. The van der Waals surface area contributed by atoms with Gasteiger partial charge in [-0.15, -0.1) is 0 Å². The minimum Gasteiger partial charge on any atom is -0.317 e. The quantitative estimate of drug-likeness (QED) is 0.691. The van der Waals surface area contributed by atoms with Crippen LogP contribution in [-0.4, -0.2) is 19.3 Å². The maximum Gasteiger partial charge on any atom is 0.390 e. The summed E-state index contributed by atoms with van der Waals surface area (Å²) in [4.78, 5) is 0. The largest absolute Gasteiger partial charge is 0.390 e. The van der Waals surface area contributed by atoms with Gasteiger partial charge < -0.3 is 5.32 Å². The van der Waals surface area contributed by atoms with Crippen molar-refractivity contribution in [3.8, 4) is 0 Å². The lowest BCUT2D eigenvalue weighted by molar-refractivity contribution is -0.140. The van der Waals surface area contributed by atoms with E-state index in [9.17, 15) is 13.2 Å². The zero-order valence-corrected chi connectivity index (χ0v) is 7.54. The van der Waals surface area contributed by atoms with Crippen molar-refractivity contribution in [2.75, 3.05) is 7.05 Å². The van der Waals surface area contributed by atoms with E-state index in [2.05, 4.69) is 5.32 Å². The van der Waals surface area contributed by atoms with E-state index in [0.29, 0.717) is 6.42 Å². The summed E-state index contributed by atoms with van der Waals surface area (Å²) < 4.78 is 35.6. The highest BCUT2D eigenvalue weighted by molar-refractivity contribution is 4.68. The number of rotatable bonds is 5. The Labute approximate surface area is 71.3 Å². The van der Waals surface area contributed by atoms with Gasteiger partial charge in [0, 0.05) is 6.04 Å². The first-order valence-corrected chi connectivity index (χ1v) is 4.23. The molecule has 0 aromatic heterocycles. The molecule has 1 unspecified atom stereocenters. The number of halogens is 3. The molecule has 1 atom stereocenters. The Bertz CT molecular complexity index is 111. The number of nitrogens with one attached hydrogen (secondary N) is 1. The third-order valence-corrected chi connectivity index (χ3v) is 1.79. The summed E-state index contributed by atoms with van der Waals surface area (Å²) >= 11 is 0. The SMILES string of the molecule is CCCCC(CC(F)(F)F)NC. The van der Waals surface area contributed by atoms with Gasteiger partial charge >= 0.3 is 6.18 Å². The molecule has 0 fully saturated rings. The Balaban J connectivity index is 3.67. The van der Waals surface area contributed by atoms with E-state index >= 15 is 0 Å². The predicted octanol–water partition coefficient (Wildman–Crippen LogP) is 2.72. The lowest BCUT2D eigenvalue weighted by atomic mass is 10.1. The number of hydrogen-bond acceptors (Lipinski definition) is 1. The van der Waals surface area contributed by atoms with E-state index in [1.54, 1.807) is 7.05 Å². The minimum atomic E-state index is -4.04. The van der Waals surface area contributed by atoms with Crippen molar-refractivity contribution < 1.29 is 13.2 Å². The van der Waals surface area contributed by atoms with Crippen molar-refractivity contribution in [2.45, 2.75) is 44.8 Å². The summed E-state index contributed by atoms with van der Waals surface area (Å²) in [6, 6.07) is -0.412. The van der Waals surface area contributed by atoms with Crippen LogP contribution in [0.1, 0.15) is 32.6 Å². The number of unbranched alkanes of at least 4 members (excludes halogenated alkanes) is 1. The van der Waals surface area contributed by atoms with Crippen molar-refractivity contribution in [2.24, 2.45) is 0 Å². The summed E-state index contributed by atoms with van der Waals surface area (Å²) in [5, 5.41) is 2.67. The van der Waals surface area contributed by atoms with Gasteiger partial charge in [-0.05, 0) is 13.5 Å². The molecule has 1 N–H and O–H groups in total. The summed E-state index contributed by atoms with van der Waals surface area (Å²) in [7, 11) is 1.58. The molecule has 0 bridgehead atoms. The topological polar surface area (TPSA) is 12.0 Å². The lowest BCUT2D eigenvalue weighted by Crippen LogP contribution is -2.30. The molecule has 0 rings (SSSR count). The molecule has 4 heteroatoms. The van der Waals surface area contributed by atoms with Gasteiger partial charge in [0.1, 0.15) is 0 Å². The van der Waals surface area contributed by atoms with E-state index in [0.717, 1.165) is 12.8 Å². The van der Waals surface area contributed by atoms with E-state index in [-0.39, 0.29) is 0 Å². The molecule has 74 valence electrons. The molecule has 1 nitrogen and oxygen atoms in total. The molecule has 0 amide bonds. The molecule has 0 radical (unpaired) electrons. The van der Waals surface area contributed by atoms with Crippen LogP contribution >= 0.6 is 0 Å². The standard InChI is InChI=1S/C8H16F3N/c1-3-4-5-7(12-2)6-8(9,10)11/h7,12H,3-6H2,1-2H3. The first kappa shape index (κ1) is 11.8. The van der Waals surface area contributed by atoms with Gasteiger partial charge in [0.15, 0.2) is 0 Å². The second-order valence-electron chi connectivity index (χ2n) is 2.95. The third-order valence-electron chi connectivity index (χ3n) is 1.79. The van der Waals surface area contributed by atoms with Crippen molar-refractivity contribution in [1.29, 1.82) is 0 Å². The highest BCUT2D eigenvalue weighted by atomic mass is 19.4. The van der Waals surface area contributed by atoms with Gasteiger partial charge in [0.25, 0.3) is 0 Å². The van der Waals surface area contributed by atoms with Crippen LogP contribution in [0.25, 0.3) is 0 Å². The van der Waals surface area contributed by atoms with Crippen LogP contribution < -0.4 is 5.32 Å². The average Bonchev–Trinajstić information content (AvgIpc) is 1.95. The van der Waals surface area contributed by atoms with E-state index in [1.165, 1.54) is 0 Å². The first-order chi connectivity index (χ1) is 5.49. The second kappa shape index (κ2) is 5.41. The van der Waals surface area contributed by atoms with Crippen LogP contribution in [0.3, 0.4) is 0 Å². The molecule has 0 aliphatic heterocycles. The van der Waals surface area contributed by atoms with Gasteiger partial charge in [-0.1, -0.05) is 19.8 Å². The van der Waals surface area contributed by atoms with Gasteiger partial charge in [0.2, 0.25) is 0 Å². The first-order valence-electron chi connectivity index (χ1n) is 4.23. The van der Waals surface area contributed by atoms with E-state index in [1.807, 2.05) is 6.92 Å². The molecule has 0 saturated carbocycles. The normalized spacial score (nSPS) is 14.8. The zero-order valence-electron chi connectivity index (χ0n) is 7.54. The fourth-order valence-electron chi connectivity index (χ4n) is 1.08. The van der Waals surface area contributed by atoms with Crippen LogP contribution in [0.4, 0.5) is 13.2 Å². The fraction of sp³-hybridized carbons (Fsp3) is 1.00. The molecule has 0 saturated heterocycles. The van der Waals surface area contributed by atoms with Crippen molar-refractivity contribution >= 4 is 0 Å². The second-order valence-corrected chi connectivity index (χ2v) is 2.95. The maximum absolute atomic E-state index is 11.9. The number of hydrogen-bond donors (Lipinski definition) is 1. The molecule has 12 heavy (non-hydrogen) atoms. The van der Waals surface area contributed by atoms with Crippen LogP contribution in [-0.2, 0) is 0 Å². The Morgan fingerprint density at radius 2 is 1.92 bits per heavy atom. The van der Waals surface area contributed by atoms with Crippen molar-refractivity contribution in [1.82, 2.24) is 5.32 Å². The lowest BCUT2D eigenvalue weighted by Gasteiger charge is -2.17. The van der Waals surface area contributed by atoms with E-state index in [4.69, 9.17) is 0 Å². The maximum atomic E-state index is 11.9. The monoisotopic (exact) mass is 183 g/mol. The fourth-order valence-corrected chi connectivity index (χ4v) is 1.08. The molecule has 0 aromatic rings. The predicted molar refractivity (Wildman–Crippen MR) is 43.0 cm³/mol. The Morgan fingerprint density at radius 1 is 1.33 bits per heavy atom. The molecule has 0 heterocycles. The van der Waals surface area contributed by atoms with Crippen LogP contribution in [0.15, 0.2) is 0 Å². The number of alkyl halides is 3. The molecule has 0 spiro atoms. The average molecular weight is 183 g/mol. The molecule has 0 aliphatic carbocycles. The zero-order chi connectivity index (χ0) is 9.61. The highest BCUT2D eigenvalue weighted by Gasteiger charge is 2.30. The minimum absolute atomic E-state index is 0.412. The molecular formula is C8H16F3N. The summed E-state index contributed by atoms with van der Waals surface area (Å²) in [5.41, 5.74) is 0. The van der Waals surface area contributed by atoms with Crippen LogP contribution in [0.2, 0.25) is 0 Å². The summed E-state index contributed by atoms with van der Waals surface area (Å²) in [6.07, 6.45) is -2.37. The van der Waals surface area contributed by atoms with Gasteiger partial charge in [-0.25, -0.2) is 0 Å². The van der Waals surface area contributed by atoms with Gasteiger partial charge in [-0.3, -0.25) is 0 Å². The smallest absolute Gasteiger partial charge is 0.317 e. The van der Waals surface area contributed by atoms with Crippen molar-refractivity contribution in [3.63, 3.8) is 0 Å². The Hall–Kier alpha value is -0.250. The Kier molecular flexibility index (Phi) is 5.29. The van der Waals surface area contributed by atoms with E-state index < -0.39 is 18.6 Å². The Morgan fingerprint density at radius 3 is 2.25 bits per heavy atom. The molecule has 0 aliphatic rings. The van der Waals surface area contributed by atoms with Crippen molar-refractivity contribution in [3.05, 3.63) is 0 Å². The van der Waals surface area contributed by atoms with Crippen LogP contribution in [0.5, 0.6) is 0 Å². The van der Waals surface area contributed by atoms with Crippen LogP contribution in [0, 0.1) is 0 Å². The van der Waals surface area contributed by atoms with Gasteiger partial charge in [0.05, 0.1) is 6.42 Å².